The second kappa shape index (κ2) is 7.94. The van der Waals surface area contributed by atoms with E-state index >= 15 is 0 Å². The van der Waals surface area contributed by atoms with Gasteiger partial charge in [0, 0.05) is 36.4 Å². The SMILES string of the molecule is O=C(CN1CCCCC1)N1CCC(n2cc(-c3ncnc4[nH]ccc34)cn2)CC1. The molecule has 5 heterocycles. The summed E-state index contributed by atoms with van der Waals surface area (Å²) in [5.41, 5.74) is 2.74. The minimum Gasteiger partial charge on any atom is -0.346 e. The Morgan fingerprint density at radius 1 is 1.10 bits per heavy atom. The van der Waals surface area contributed by atoms with Crippen LogP contribution in [0.1, 0.15) is 38.1 Å². The molecule has 3 aromatic heterocycles. The van der Waals surface area contributed by atoms with E-state index < -0.39 is 0 Å². The van der Waals surface area contributed by atoms with E-state index in [1.54, 1.807) is 6.33 Å². The molecule has 2 fully saturated rings. The molecule has 0 unspecified atom stereocenters. The summed E-state index contributed by atoms with van der Waals surface area (Å²) < 4.78 is 2.04. The van der Waals surface area contributed by atoms with Gasteiger partial charge >= 0.3 is 0 Å². The number of aromatic amines is 1. The molecule has 0 saturated carbocycles. The molecule has 2 aliphatic heterocycles. The molecular weight excluding hydrogens is 366 g/mol. The van der Waals surface area contributed by atoms with Crippen molar-refractivity contribution in [2.24, 2.45) is 0 Å². The Morgan fingerprint density at radius 3 is 2.76 bits per heavy atom. The normalized spacial score (nSPS) is 19.1. The molecule has 2 aliphatic rings. The third kappa shape index (κ3) is 3.76. The second-order valence-corrected chi connectivity index (χ2v) is 8.12. The van der Waals surface area contributed by atoms with Gasteiger partial charge < -0.3 is 9.88 Å². The molecular formula is C21H27N7O. The van der Waals surface area contributed by atoms with Crippen LogP contribution in [0.2, 0.25) is 0 Å². The van der Waals surface area contributed by atoms with Crippen LogP contribution in [-0.2, 0) is 4.79 Å². The number of likely N-dealkylation sites (tertiary alicyclic amines) is 2. The highest BCUT2D eigenvalue weighted by Crippen LogP contribution is 2.28. The van der Waals surface area contributed by atoms with Gasteiger partial charge in [-0.15, -0.1) is 0 Å². The zero-order valence-corrected chi connectivity index (χ0v) is 16.6. The molecule has 2 saturated heterocycles. The Balaban J connectivity index is 1.21. The monoisotopic (exact) mass is 393 g/mol. The van der Waals surface area contributed by atoms with Crippen molar-refractivity contribution >= 4 is 16.9 Å². The minimum absolute atomic E-state index is 0.280. The Labute approximate surface area is 169 Å². The first kappa shape index (κ1) is 18.3. The molecule has 1 N–H and O–H groups in total. The molecule has 1 amide bonds. The molecule has 0 aliphatic carbocycles. The Hall–Kier alpha value is -2.74. The maximum Gasteiger partial charge on any atom is 0.236 e. The Bertz CT molecular complexity index is 980. The summed E-state index contributed by atoms with van der Waals surface area (Å²) in [5, 5.41) is 5.61. The number of hydrogen-bond acceptors (Lipinski definition) is 5. The third-order valence-electron chi connectivity index (χ3n) is 6.23. The molecule has 0 bridgehead atoms. The fourth-order valence-electron chi connectivity index (χ4n) is 4.55. The summed E-state index contributed by atoms with van der Waals surface area (Å²) in [5.74, 6) is 0.280. The molecule has 3 aromatic rings. The van der Waals surface area contributed by atoms with Crippen LogP contribution < -0.4 is 0 Å². The van der Waals surface area contributed by atoms with Crippen molar-refractivity contribution in [2.45, 2.75) is 38.1 Å². The van der Waals surface area contributed by atoms with E-state index in [1.165, 1.54) is 19.3 Å². The van der Waals surface area contributed by atoms with Crippen LogP contribution in [0, 0.1) is 0 Å². The smallest absolute Gasteiger partial charge is 0.236 e. The van der Waals surface area contributed by atoms with Gasteiger partial charge in [-0.1, -0.05) is 6.42 Å². The summed E-state index contributed by atoms with van der Waals surface area (Å²) in [7, 11) is 0. The first-order valence-electron chi connectivity index (χ1n) is 10.6. The molecule has 0 atom stereocenters. The number of nitrogens with one attached hydrogen (secondary N) is 1. The van der Waals surface area contributed by atoms with Crippen LogP contribution in [-0.4, -0.2) is 73.2 Å². The molecule has 29 heavy (non-hydrogen) atoms. The van der Waals surface area contributed by atoms with Crippen molar-refractivity contribution in [2.75, 3.05) is 32.7 Å². The number of fused-ring (bicyclic) bond motifs is 1. The van der Waals surface area contributed by atoms with Gasteiger partial charge in [0.15, 0.2) is 0 Å². The molecule has 0 aromatic carbocycles. The highest BCUT2D eigenvalue weighted by molar-refractivity contribution is 5.90. The fourth-order valence-corrected chi connectivity index (χ4v) is 4.55. The van der Waals surface area contributed by atoms with Crippen LogP contribution >= 0.6 is 0 Å². The zero-order valence-electron chi connectivity index (χ0n) is 16.6. The lowest BCUT2D eigenvalue weighted by molar-refractivity contribution is -0.134. The van der Waals surface area contributed by atoms with Crippen molar-refractivity contribution in [3.05, 3.63) is 31.0 Å². The van der Waals surface area contributed by atoms with E-state index in [1.807, 2.05) is 28.0 Å². The van der Waals surface area contributed by atoms with Crippen molar-refractivity contribution in [3.8, 4) is 11.3 Å². The number of aromatic nitrogens is 5. The standard InChI is InChI=1S/C21H27N7O/c29-19(14-26-8-2-1-3-9-26)27-10-5-17(6-11-27)28-13-16(12-25-28)20-18-4-7-22-21(18)24-15-23-20/h4,7,12-13,15,17H,1-3,5-6,8-11,14H2,(H,22,23,24). The average Bonchev–Trinajstić information content (AvgIpc) is 3.44. The maximum atomic E-state index is 12.6. The van der Waals surface area contributed by atoms with Crippen molar-refractivity contribution < 1.29 is 4.79 Å². The summed E-state index contributed by atoms with van der Waals surface area (Å²) in [6, 6.07) is 2.32. The summed E-state index contributed by atoms with van der Waals surface area (Å²) in [6.07, 6.45) is 13.0. The lowest BCUT2D eigenvalue weighted by atomic mass is 10.0. The second-order valence-electron chi connectivity index (χ2n) is 8.12. The number of nitrogens with zero attached hydrogens (tertiary/aromatic N) is 6. The first-order chi connectivity index (χ1) is 14.3. The molecule has 0 radical (unpaired) electrons. The van der Waals surface area contributed by atoms with E-state index in [0.717, 1.165) is 61.3 Å². The lowest BCUT2D eigenvalue weighted by Crippen LogP contribution is -2.45. The van der Waals surface area contributed by atoms with Crippen LogP contribution in [0.15, 0.2) is 31.0 Å². The summed E-state index contributed by atoms with van der Waals surface area (Å²) >= 11 is 0. The van der Waals surface area contributed by atoms with Gasteiger partial charge in [0.1, 0.15) is 12.0 Å². The number of hydrogen-bond donors (Lipinski definition) is 1. The predicted octanol–water partition coefficient (Wildman–Crippen LogP) is 2.47. The third-order valence-corrected chi connectivity index (χ3v) is 6.23. The van der Waals surface area contributed by atoms with Gasteiger partial charge in [-0.05, 0) is 44.8 Å². The van der Waals surface area contributed by atoms with Gasteiger partial charge in [-0.3, -0.25) is 14.4 Å². The van der Waals surface area contributed by atoms with Gasteiger partial charge in [-0.25, -0.2) is 9.97 Å². The van der Waals surface area contributed by atoms with E-state index in [2.05, 4.69) is 31.1 Å². The fraction of sp³-hybridized carbons (Fsp3) is 0.524. The Kier molecular flexibility index (Phi) is 5.01. The quantitative estimate of drug-likeness (QED) is 0.736. The van der Waals surface area contributed by atoms with Crippen molar-refractivity contribution in [1.82, 2.24) is 34.5 Å². The minimum atomic E-state index is 0.280. The predicted molar refractivity (Wildman–Crippen MR) is 110 cm³/mol. The molecule has 152 valence electrons. The first-order valence-corrected chi connectivity index (χ1v) is 10.6. The number of H-pyrrole nitrogens is 1. The van der Waals surface area contributed by atoms with Crippen LogP contribution in [0.3, 0.4) is 0 Å². The number of carbonyl (C=O) groups is 1. The number of amides is 1. The summed E-state index contributed by atoms with van der Waals surface area (Å²) in [6.45, 7) is 4.33. The van der Waals surface area contributed by atoms with Gasteiger partial charge in [-0.2, -0.15) is 5.10 Å². The van der Waals surface area contributed by atoms with E-state index in [-0.39, 0.29) is 5.91 Å². The largest absolute Gasteiger partial charge is 0.346 e. The van der Waals surface area contributed by atoms with Crippen molar-refractivity contribution in [1.29, 1.82) is 0 Å². The Morgan fingerprint density at radius 2 is 1.93 bits per heavy atom. The van der Waals surface area contributed by atoms with Gasteiger partial charge in [0.25, 0.3) is 0 Å². The lowest BCUT2D eigenvalue weighted by Gasteiger charge is -2.34. The number of carbonyl (C=O) groups excluding carboxylic acids is 1. The number of rotatable bonds is 4. The topological polar surface area (TPSA) is 82.9 Å². The van der Waals surface area contributed by atoms with E-state index in [4.69, 9.17) is 0 Å². The molecule has 8 heteroatoms. The highest BCUT2D eigenvalue weighted by Gasteiger charge is 2.26. The van der Waals surface area contributed by atoms with Crippen LogP contribution in [0.4, 0.5) is 0 Å². The molecule has 8 nitrogen and oxygen atoms in total. The van der Waals surface area contributed by atoms with E-state index in [9.17, 15) is 4.79 Å². The van der Waals surface area contributed by atoms with Crippen LogP contribution in [0.5, 0.6) is 0 Å². The molecule has 0 spiro atoms. The van der Waals surface area contributed by atoms with E-state index in [0.29, 0.717) is 12.6 Å². The summed E-state index contributed by atoms with van der Waals surface area (Å²) in [4.78, 5) is 28.8. The number of piperidine rings is 2. The highest BCUT2D eigenvalue weighted by atomic mass is 16.2. The van der Waals surface area contributed by atoms with Crippen molar-refractivity contribution in [3.63, 3.8) is 0 Å². The van der Waals surface area contributed by atoms with Crippen LogP contribution in [0.25, 0.3) is 22.3 Å². The maximum absolute atomic E-state index is 12.6. The van der Waals surface area contributed by atoms with Gasteiger partial charge in [0.2, 0.25) is 5.91 Å². The van der Waals surface area contributed by atoms with Gasteiger partial charge in [0.05, 0.1) is 24.5 Å². The zero-order chi connectivity index (χ0) is 19.6. The molecule has 5 rings (SSSR count). The average molecular weight is 393 g/mol.